The fourth-order valence-corrected chi connectivity index (χ4v) is 4.35. The number of nitrogens with zero attached hydrogens (tertiary/aromatic N) is 2. The number of hydrogen-bond donors (Lipinski definition) is 1. The zero-order valence-corrected chi connectivity index (χ0v) is 18.1. The van der Waals surface area contributed by atoms with Crippen molar-refractivity contribution in [3.63, 3.8) is 0 Å². The Kier molecular flexibility index (Phi) is 6.41. The van der Waals surface area contributed by atoms with E-state index in [4.69, 9.17) is 21.3 Å². The molecule has 0 aliphatic carbocycles. The maximum absolute atomic E-state index is 6.03. The number of benzene rings is 2. The van der Waals surface area contributed by atoms with Crippen molar-refractivity contribution in [1.82, 2.24) is 14.9 Å². The molecule has 0 saturated carbocycles. The molecule has 0 bridgehead atoms. The van der Waals surface area contributed by atoms with Crippen molar-refractivity contribution in [2.24, 2.45) is 5.92 Å². The van der Waals surface area contributed by atoms with Crippen molar-refractivity contribution >= 4 is 22.6 Å². The molecule has 1 aliphatic heterocycles. The summed E-state index contributed by atoms with van der Waals surface area (Å²) >= 11 is 5.98. The molecule has 2 aromatic carbocycles. The standard InChI is InChI=1S/C24H30ClN3O/c1-17-7-12-22-24(18(17)2)27-23(16-29-21-10-8-20(25)9-11-21)28(22)14-4-6-19-5-3-13-26-15-19/h7-12,19,26H,3-6,13-16H2,1-2H3. The van der Waals surface area contributed by atoms with Gasteiger partial charge in [-0.2, -0.15) is 0 Å². The lowest BCUT2D eigenvalue weighted by Crippen LogP contribution is -2.29. The number of nitrogens with one attached hydrogen (secondary N) is 1. The van der Waals surface area contributed by atoms with Gasteiger partial charge in [0.25, 0.3) is 0 Å². The zero-order chi connectivity index (χ0) is 20.2. The van der Waals surface area contributed by atoms with Gasteiger partial charge in [-0.1, -0.05) is 17.7 Å². The molecule has 1 aliphatic rings. The lowest BCUT2D eigenvalue weighted by Gasteiger charge is -2.22. The van der Waals surface area contributed by atoms with Crippen LogP contribution in [0.4, 0.5) is 0 Å². The normalized spacial score (nSPS) is 17.0. The Morgan fingerprint density at radius 1 is 1.17 bits per heavy atom. The van der Waals surface area contributed by atoms with E-state index in [9.17, 15) is 0 Å². The van der Waals surface area contributed by atoms with E-state index in [-0.39, 0.29) is 0 Å². The Hall–Kier alpha value is -2.04. The van der Waals surface area contributed by atoms with Crippen molar-refractivity contribution in [2.75, 3.05) is 13.1 Å². The van der Waals surface area contributed by atoms with E-state index in [2.05, 4.69) is 35.9 Å². The molecule has 1 saturated heterocycles. The van der Waals surface area contributed by atoms with E-state index in [0.717, 1.165) is 36.1 Å². The van der Waals surface area contributed by atoms with E-state index >= 15 is 0 Å². The first kappa shape index (κ1) is 20.2. The number of rotatable bonds is 7. The monoisotopic (exact) mass is 411 g/mol. The van der Waals surface area contributed by atoms with Crippen LogP contribution < -0.4 is 10.1 Å². The summed E-state index contributed by atoms with van der Waals surface area (Å²) < 4.78 is 8.39. The summed E-state index contributed by atoms with van der Waals surface area (Å²) in [6.07, 6.45) is 5.08. The topological polar surface area (TPSA) is 39.1 Å². The number of piperidine rings is 1. The van der Waals surface area contributed by atoms with Gasteiger partial charge in [0.2, 0.25) is 0 Å². The predicted molar refractivity (Wildman–Crippen MR) is 120 cm³/mol. The largest absolute Gasteiger partial charge is 0.486 e. The number of hydrogen-bond acceptors (Lipinski definition) is 3. The van der Waals surface area contributed by atoms with Gasteiger partial charge in [0.05, 0.1) is 11.0 Å². The molecule has 1 fully saturated rings. The first-order valence-corrected chi connectivity index (χ1v) is 11.0. The minimum atomic E-state index is 0.458. The summed E-state index contributed by atoms with van der Waals surface area (Å²) in [4.78, 5) is 4.97. The van der Waals surface area contributed by atoms with Gasteiger partial charge in [0, 0.05) is 11.6 Å². The second kappa shape index (κ2) is 9.19. The van der Waals surface area contributed by atoms with Crippen molar-refractivity contribution in [3.05, 3.63) is 58.4 Å². The highest BCUT2D eigenvalue weighted by Crippen LogP contribution is 2.25. The average Bonchev–Trinajstić information content (AvgIpc) is 3.09. The van der Waals surface area contributed by atoms with E-state index < -0.39 is 0 Å². The highest BCUT2D eigenvalue weighted by molar-refractivity contribution is 6.30. The molecular weight excluding hydrogens is 382 g/mol. The van der Waals surface area contributed by atoms with Gasteiger partial charge in [-0.25, -0.2) is 4.98 Å². The minimum Gasteiger partial charge on any atom is -0.486 e. The average molecular weight is 412 g/mol. The summed E-state index contributed by atoms with van der Waals surface area (Å²) in [5, 5.41) is 4.24. The maximum atomic E-state index is 6.03. The molecular formula is C24H30ClN3O. The lowest BCUT2D eigenvalue weighted by molar-refractivity contribution is 0.287. The van der Waals surface area contributed by atoms with Crippen LogP contribution in [0.3, 0.4) is 0 Å². The highest BCUT2D eigenvalue weighted by Gasteiger charge is 2.16. The van der Waals surface area contributed by atoms with Crippen molar-refractivity contribution < 1.29 is 4.74 Å². The number of fused-ring (bicyclic) bond motifs is 1. The number of imidazole rings is 1. The van der Waals surface area contributed by atoms with Crippen LogP contribution >= 0.6 is 11.6 Å². The number of ether oxygens (including phenoxy) is 1. The van der Waals surface area contributed by atoms with E-state index in [1.807, 2.05) is 24.3 Å². The van der Waals surface area contributed by atoms with Crippen molar-refractivity contribution in [1.29, 1.82) is 0 Å². The van der Waals surface area contributed by atoms with Gasteiger partial charge in [0.15, 0.2) is 0 Å². The Balaban J connectivity index is 1.53. The molecule has 0 amide bonds. The lowest BCUT2D eigenvalue weighted by atomic mass is 9.95. The molecule has 29 heavy (non-hydrogen) atoms. The molecule has 0 spiro atoms. The van der Waals surface area contributed by atoms with E-state index in [1.54, 1.807) is 0 Å². The predicted octanol–water partition coefficient (Wildman–Crippen LogP) is 5.67. The number of halogens is 1. The van der Waals surface area contributed by atoms with Gasteiger partial charge < -0.3 is 14.6 Å². The number of aryl methyl sites for hydroxylation is 3. The Morgan fingerprint density at radius 2 is 2.00 bits per heavy atom. The van der Waals surface area contributed by atoms with E-state index in [1.165, 1.54) is 48.9 Å². The molecule has 154 valence electrons. The van der Waals surface area contributed by atoms with Crippen LogP contribution in [0.15, 0.2) is 36.4 Å². The summed E-state index contributed by atoms with van der Waals surface area (Å²) in [5.74, 6) is 2.61. The first-order chi connectivity index (χ1) is 14.1. The molecule has 4 rings (SSSR count). The third-order valence-corrected chi connectivity index (χ3v) is 6.35. The Bertz CT molecular complexity index is 958. The minimum absolute atomic E-state index is 0.458. The molecule has 5 heteroatoms. The van der Waals surface area contributed by atoms with Crippen molar-refractivity contribution in [3.8, 4) is 5.75 Å². The molecule has 1 unspecified atom stereocenters. The zero-order valence-electron chi connectivity index (χ0n) is 17.4. The summed E-state index contributed by atoms with van der Waals surface area (Å²) in [5.41, 5.74) is 4.84. The van der Waals surface area contributed by atoms with Crippen LogP contribution in [0, 0.1) is 19.8 Å². The molecule has 2 heterocycles. The van der Waals surface area contributed by atoms with Gasteiger partial charge in [-0.05, 0) is 100.0 Å². The second-order valence-electron chi connectivity index (χ2n) is 8.15. The third-order valence-electron chi connectivity index (χ3n) is 6.10. The molecule has 4 nitrogen and oxygen atoms in total. The SMILES string of the molecule is Cc1ccc2c(nc(COc3ccc(Cl)cc3)n2CCCC2CCCNC2)c1C. The van der Waals surface area contributed by atoms with Gasteiger partial charge in [-0.3, -0.25) is 0 Å². The summed E-state index contributed by atoms with van der Waals surface area (Å²) in [7, 11) is 0. The Labute approximate surface area is 178 Å². The Morgan fingerprint density at radius 3 is 2.76 bits per heavy atom. The van der Waals surface area contributed by atoms with Crippen LogP contribution in [0.1, 0.15) is 42.6 Å². The van der Waals surface area contributed by atoms with Crippen LogP contribution in [0.2, 0.25) is 5.02 Å². The second-order valence-corrected chi connectivity index (χ2v) is 8.59. The fraction of sp³-hybridized carbons (Fsp3) is 0.458. The van der Waals surface area contributed by atoms with Crippen LogP contribution in [-0.2, 0) is 13.2 Å². The third kappa shape index (κ3) is 4.76. The molecule has 3 aromatic rings. The van der Waals surface area contributed by atoms with Crippen LogP contribution in [-0.4, -0.2) is 22.6 Å². The molecule has 1 atom stereocenters. The van der Waals surface area contributed by atoms with Gasteiger partial charge in [-0.15, -0.1) is 0 Å². The fourth-order valence-electron chi connectivity index (χ4n) is 4.22. The van der Waals surface area contributed by atoms with Crippen LogP contribution in [0.5, 0.6) is 5.75 Å². The quantitative estimate of drug-likeness (QED) is 0.544. The van der Waals surface area contributed by atoms with Crippen LogP contribution in [0.25, 0.3) is 11.0 Å². The van der Waals surface area contributed by atoms with Gasteiger partial charge in [0.1, 0.15) is 18.2 Å². The maximum Gasteiger partial charge on any atom is 0.148 e. The molecule has 1 N–H and O–H groups in total. The molecule has 1 aromatic heterocycles. The van der Waals surface area contributed by atoms with E-state index in [0.29, 0.717) is 11.6 Å². The molecule has 0 radical (unpaired) electrons. The summed E-state index contributed by atoms with van der Waals surface area (Å²) in [6.45, 7) is 8.08. The number of aromatic nitrogens is 2. The van der Waals surface area contributed by atoms with Gasteiger partial charge >= 0.3 is 0 Å². The summed E-state index contributed by atoms with van der Waals surface area (Å²) in [6, 6.07) is 11.9. The first-order valence-electron chi connectivity index (χ1n) is 10.7. The highest BCUT2D eigenvalue weighted by atomic mass is 35.5. The van der Waals surface area contributed by atoms with Crippen molar-refractivity contribution in [2.45, 2.75) is 52.7 Å². The smallest absolute Gasteiger partial charge is 0.148 e.